The molecule has 0 unspecified atom stereocenters. The van der Waals surface area contributed by atoms with Crippen molar-refractivity contribution in [3.05, 3.63) is 29.6 Å². The van der Waals surface area contributed by atoms with Gasteiger partial charge < -0.3 is 0 Å². The molecule has 3 N–H and O–H groups in total. The molecule has 4 nitrogen and oxygen atoms in total. The summed E-state index contributed by atoms with van der Waals surface area (Å²) in [6.45, 7) is 5.88. The molecular formula is C10H18N4. The minimum absolute atomic E-state index is 0.221. The lowest BCUT2D eigenvalue weighted by Crippen LogP contribution is -2.33. The first kappa shape index (κ1) is 12.6. The third kappa shape index (κ3) is 3.53. The number of nitrogens with zero attached hydrogens (tertiary/aromatic N) is 2. The Bertz CT molecular complexity index is 294. The van der Waals surface area contributed by atoms with Gasteiger partial charge >= 0.3 is 0 Å². The molecule has 0 amide bonds. The Balaban J connectivity index is 0.000000791. The number of amidine groups is 1. The highest BCUT2D eigenvalue weighted by Gasteiger charge is 2.04. The summed E-state index contributed by atoms with van der Waals surface area (Å²) in [6, 6.07) is 5.50. The number of aromatic nitrogens is 1. The zero-order valence-electron chi connectivity index (χ0n) is 9.20. The van der Waals surface area contributed by atoms with E-state index in [1.54, 1.807) is 13.1 Å². The first-order valence-corrected chi connectivity index (χ1v) is 4.62. The number of pyridine rings is 1. The zero-order chi connectivity index (χ0) is 11.1. The number of aryl methyl sites for hydroxylation is 1. The molecule has 1 rings (SSSR count). The van der Waals surface area contributed by atoms with Crippen LogP contribution in [0.3, 0.4) is 0 Å². The summed E-state index contributed by atoms with van der Waals surface area (Å²) in [5.74, 6) is 5.61. The van der Waals surface area contributed by atoms with Crippen LogP contribution in [0.5, 0.6) is 0 Å². The van der Waals surface area contributed by atoms with Gasteiger partial charge in [-0.1, -0.05) is 19.9 Å². The highest BCUT2D eigenvalue weighted by atomic mass is 15.4. The van der Waals surface area contributed by atoms with Crippen molar-refractivity contribution in [1.29, 1.82) is 5.41 Å². The predicted molar refractivity (Wildman–Crippen MR) is 59.1 cm³/mol. The lowest BCUT2D eigenvalue weighted by molar-refractivity contribution is 0.534. The molecule has 0 aromatic carbocycles. The molecule has 4 heteroatoms. The zero-order valence-corrected chi connectivity index (χ0v) is 9.20. The lowest BCUT2D eigenvalue weighted by Gasteiger charge is -2.12. The molecule has 78 valence electrons. The molecule has 1 aromatic heterocycles. The number of nitrogens with one attached hydrogen (secondary N) is 1. The van der Waals surface area contributed by atoms with Crippen molar-refractivity contribution >= 4 is 5.84 Å². The summed E-state index contributed by atoms with van der Waals surface area (Å²) in [6.07, 6.45) is 0. The van der Waals surface area contributed by atoms with E-state index < -0.39 is 0 Å². The van der Waals surface area contributed by atoms with E-state index in [2.05, 4.69) is 4.98 Å². The van der Waals surface area contributed by atoms with Crippen LogP contribution in [-0.4, -0.2) is 22.9 Å². The Hall–Kier alpha value is -1.42. The van der Waals surface area contributed by atoms with Gasteiger partial charge in [-0.15, -0.1) is 0 Å². The molecule has 0 saturated heterocycles. The van der Waals surface area contributed by atoms with Gasteiger partial charge in [0.15, 0.2) is 5.84 Å². The van der Waals surface area contributed by atoms with Crippen molar-refractivity contribution in [2.45, 2.75) is 20.8 Å². The van der Waals surface area contributed by atoms with Gasteiger partial charge in [-0.2, -0.15) is 0 Å². The van der Waals surface area contributed by atoms with Crippen molar-refractivity contribution in [3.8, 4) is 0 Å². The van der Waals surface area contributed by atoms with E-state index in [1.165, 1.54) is 5.01 Å². The monoisotopic (exact) mass is 194 g/mol. The molecule has 0 aliphatic heterocycles. The molecule has 0 radical (unpaired) electrons. The lowest BCUT2D eigenvalue weighted by atomic mass is 10.3. The molecular weight excluding hydrogens is 176 g/mol. The average molecular weight is 194 g/mol. The minimum atomic E-state index is 0.221. The average Bonchev–Trinajstić information content (AvgIpc) is 2.19. The fourth-order valence-electron chi connectivity index (χ4n) is 0.856. The normalized spacial score (nSPS) is 8.64. The SMILES string of the molecule is CC.Cc1cccc(C(=N)N(C)N)n1. The molecule has 0 aliphatic rings. The second-order valence-electron chi connectivity index (χ2n) is 2.62. The first-order chi connectivity index (χ1) is 6.61. The summed E-state index contributed by atoms with van der Waals surface area (Å²) in [5.41, 5.74) is 1.49. The van der Waals surface area contributed by atoms with E-state index in [0.717, 1.165) is 5.69 Å². The Morgan fingerprint density at radius 3 is 2.43 bits per heavy atom. The molecule has 1 aromatic rings. The largest absolute Gasteiger partial charge is 0.297 e. The van der Waals surface area contributed by atoms with Gasteiger partial charge in [0, 0.05) is 12.7 Å². The summed E-state index contributed by atoms with van der Waals surface area (Å²) in [5, 5.41) is 8.76. The van der Waals surface area contributed by atoms with Gasteiger partial charge in [-0.3, -0.25) is 10.4 Å². The highest BCUT2D eigenvalue weighted by molar-refractivity contribution is 5.93. The summed E-state index contributed by atoms with van der Waals surface area (Å²) >= 11 is 0. The van der Waals surface area contributed by atoms with Gasteiger partial charge in [0.1, 0.15) is 5.69 Å². The third-order valence-electron chi connectivity index (χ3n) is 1.48. The van der Waals surface area contributed by atoms with E-state index in [-0.39, 0.29) is 5.84 Å². The van der Waals surface area contributed by atoms with Gasteiger partial charge in [-0.05, 0) is 19.1 Å². The molecule has 0 saturated carbocycles. The molecule has 14 heavy (non-hydrogen) atoms. The fourth-order valence-corrected chi connectivity index (χ4v) is 0.856. The number of nitrogens with two attached hydrogens (primary N) is 1. The van der Waals surface area contributed by atoms with Gasteiger partial charge in [0.05, 0.1) is 0 Å². The molecule has 0 atom stereocenters. The summed E-state index contributed by atoms with van der Waals surface area (Å²) in [7, 11) is 1.62. The van der Waals surface area contributed by atoms with Crippen LogP contribution in [0.25, 0.3) is 0 Å². The van der Waals surface area contributed by atoms with E-state index in [1.807, 2.05) is 32.9 Å². The van der Waals surface area contributed by atoms with Crippen LogP contribution in [0.15, 0.2) is 18.2 Å². The predicted octanol–water partition coefficient (Wildman–Crippen LogP) is 1.55. The van der Waals surface area contributed by atoms with Gasteiger partial charge in [0.25, 0.3) is 0 Å². The van der Waals surface area contributed by atoms with E-state index >= 15 is 0 Å². The second kappa shape index (κ2) is 6.10. The Kier molecular flexibility index (Phi) is 5.48. The van der Waals surface area contributed by atoms with Crippen molar-refractivity contribution in [3.63, 3.8) is 0 Å². The molecule has 0 bridgehead atoms. The van der Waals surface area contributed by atoms with Crippen molar-refractivity contribution in [2.24, 2.45) is 5.84 Å². The van der Waals surface area contributed by atoms with Gasteiger partial charge in [0.2, 0.25) is 0 Å². The second-order valence-corrected chi connectivity index (χ2v) is 2.62. The smallest absolute Gasteiger partial charge is 0.161 e. The summed E-state index contributed by atoms with van der Waals surface area (Å²) in [4.78, 5) is 4.15. The van der Waals surface area contributed by atoms with Crippen molar-refractivity contribution in [2.75, 3.05) is 7.05 Å². The van der Waals surface area contributed by atoms with E-state index in [4.69, 9.17) is 11.3 Å². The first-order valence-electron chi connectivity index (χ1n) is 4.62. The molecule has 0 spiro atoms. The summed E-state index contributed by atoms with van der Waals surface area (Å²) < 4.78 is 0. The van der Waals surface area contributed by atoms with Crippen molar-refractivity contribution < 1.29 is 0 Å². The van der Waals surface area contributed by atoms with Crippen LogP contribution in [0.4, 0.5) is 0 Å². The van der Waals surface area contributed by atoms with Crippen molar-refractivity contribution in [1.82, 2.24) is 9.99 Å². The highest BCUT2D eigenvalue weighted by Crippen LogP contribution is 1.99. The van der Waals surface area contributed by atoms with Gasteiger partial charge in [-0.25, -0.2) is 10.8 Å². The Labute approximate surface area is 85.2 Å². The standard InChI is InChI=1S/C8H12N4.C2H6/c1-6-4-3-5-7(11-6)8(9)12(2)10;1-2/h3-5,9H,10H2,1-2H3;1-2H3. The number of rotatable bonds is 1. The van der Waals surface area contributed by atoms with Crippen LogP contribution >= 0.6 is 0 Å². The molecule has 0 aliphatic carbocycles. The number of hydrazine groups is 1. The maximum absolute atomic E-state index is 7.52. The Morgan fingerprint density at radius 1 is 1.43 bits per heavy atom. The van der Waals surface area contributed by atoms with Crippen LogP contribution in [0.2, 0.25) is 0 Å². The maximum Gasteiger partial charge on any atom is 0.161 e. The van der Waals surface area contributed by atoms with Crippen LogP contribution in [-0.2, 0) is 0 Å². The number of hydrogen-bond acceptors (Lipinski definition) is 3. The van der Waals surface area contributed by atoms with E-state index in [9.17, 15) is 0 Å². The van der Waals surface area contributed by atoms with Crippen LogP contribution in [0.1, 0.15) is 25.2 Å². The maximum atomic E-state index is 7.52. The topological polar surface area (TPSA) is 66.0 Å². The Morgan fingerprint density at radius 2 is 2.00 bits per heavy atom. The fraction of sp³-hybridized carbons (Fsp3) is 0.400. The minimum Gasteiger partial charge on any atom is -0.297 e. The van der Waals surface area contributed by atoms with Crippen LogP contribution < -0.4 is 5.84 Å². The third-order valence-corrected chi connectivity index (χ3v) is 1.48. The molecule has 1 heterocycles. The van der Waals surface area contributed by atoms with Crippen LogP contribution in [0, 0.1) is 12.3 Å². The van der Waals surface area contributed by atoms with E-state index in [0.29, 0.717) is 5.69 Å². The number of hydrogen-bond donors (Lipinski definition) is 2. The quantitative estimate of drug-likeness (QED) is 0.308. The molecule has 0 fully saturated rings.